The first-order valence-corrected chi connectivity index (χ1v) is 40.3. The summed E-state index contributed by atoms with van der Waals surface area (Å²) >= 11 is 0. The van der Waals surface area contributed by atoms with Crippen molar-refractivity contribution < 1.29 is 106 Å². The summed E-state index contributed by atoms with van der Waals surface area (Å²) in [4.78, 5) is 70.7. The topological polar surface area (TPSA) is 374 Å². The van der Waals surface area contributed by atoms with E-state index in [1.54, 1.807) is 6.92 Å². The maximum Gasteiger partial charge on any atom is 0.483 e. The lowest BCUT2D eigenvalue weighted by Crippen LogP contribution is -2.71. The number of carboxylic acids is 1. The van der Waals surface area contributed by atoms with Crippen LogP contribution in [0.1, 0.15) is 239 Å². The number of hydrogen-bond donors (Lipinski definition) is 11. The molecule has 3 unspecified atom stereocenters. The minimum absolute atomic E-state index is 0.533. The second-order valence-electron chi connectivity index (χ2n) is 29.1. The van der Waals surface area contributed by atoms with Crippen LogP contribution in [0.25, 0.3) is 0 Å². The number of aliphatic hydroxyl groups excluding tert-OH is 5. The molecule has 106 heavy (non-hydrogen) atoms. The molecular formula is C79H129N3O22P2. The molecule has 602 valence electrons. The van der Waals surface area contributed by atoms with E-state index in [1.807, 2.05) is 0 Å². The number of nitrogens with one attached hydrogen (secondary N) is 3. The summed E-state index contributed by atoms with van der Waals surface area (Å²) < 4.78 is 69.5. The first-order valence-electron chi connectivity index (χ1n) is 37.4. The zero-order chi connectivity index (χ0) is 79.4. The average molecular weight is 1530 g/mol. The van der Waals surface area contributed by atoms with E-state index in [2.05, 4.69) is 157 Å². The zero-order valence-electron chi connectivity index (χ0n) is 65.8. The molecule has 0 radical (unpaired) electrons. The van der Waals surface area contributed by atoms with Gasteiger partial charge in [0.1, 0.15) is 54.8 Å². The molecule has 0 aromatic heterocycles. The number of phosphoric acid groups is 2. The number of carboxylic acid groups (broad SMARTS) is 1. The van der Waals surface area contributed by atoms with Gasteiger partial charge in [0.25, 0.3) is 0 Å². The Hall–Kier alpha value is -5.12. The van der Waals surface area contributed by atoms with E-state index in [1.165, 1.54) is 68.7 Å². The van der Waals surface area contributed by atoms with Crippen LogP contribution in [0.2, 0.25) is 0 Å². The SMILES string of the molecule is CC(=O)N[C@@H]1[C@H](O[C@H]2[C@H](O)[C@@H](NC(C)=O)C(OP(=O)(O)OP(=O)(O)OC/C=C(/C)CC/C=C(/C)CC/C=C(/C)CC/C=C(/C)CC/C=C(/C)CC/C=C(/C)CC/C=C(/C)CC/C=C(/C)CC/C=C(\C)CC/C=C(\C)CCC=C(C)C)O[C@@H]2CO)O[C@H](C(=O)O)[C@@H](O[C@H]2O[C@H](C)[C@H](NC(C)=O)[C@H](O)[C@H]2O)[C@@H]1O. The number of phosphoric ester groups is 2. The molecule has 0 aliphatic carbocycles. The monoisotopic (exact) mass is 1530 g/mol. The molecule has 3 saturated heterocycles. The second kappa shape index (κ2) is 49.2. The maximum atomic E-state index is 13.3. The Bertz CT molecular complexity index is 3250. The third-order valence-corrected chi connectivity index (χ3v) is 21.3. The van der Waals surface area contributed by atoms with E-state index >= 15 is 0 Å². The Morgan fingerprint density at radius 1 is 0.396 bits per heavy atom. The standard InChI is InChI=1S/C79H129N3O22P2/c1-50(2)27-17-28-51(3)29-18-30-52(4)31-19-32-53(5)33-20-34-54(6)35-21-36-55(7)37-22-38-56(8)39-23-40-57(9)41-24-42-58(10)43-25-44-59(11)45-26-46-60(12)47-48-97-105(93,94)104-106(95,96)103-78-68(82-64(16)86)70(88)73(65(49-83)99-78)100-77-67(81-63(15)85)71(89)74(75(102-77)76(91)92)101-79-72(90)69(87)66(61(13)98-79)80-62(14)84/h27,29,31,33,35,37,39,41,43,45,47,61,65-75,77-79,83,87-90H,17-26,28,30,32,34,36,38,40,42,44,46,48-49H2,1-16H3,(H,80,84)(H,81,85)(H,82,86)(H,91,92)(H,93,94)(H,95,96)/b51-29+,52-31+,53-33-,54-35-,55-37-,56-39-,57-41-,58-43-,59-45-,60-47-/t61-,65-,66+,67+,68-,69+,70-,71-,72-,73-,74+,75+,77-,78?,79-/m1/s1. The fraction of sp³-hybridized carbons (Fsp3) is 0.671. The van der Waals surface area contributed by atoms with Gasteiger partial charge >= 0.3 is 21.6 Å². The van der Waals surface area contributed by atoms with Gasteiger partial charge in [-0.1, -0.05) is 128 Å². The maximum absolute atomic E-state index is 13.3. The lowest BCUT2D eigenvalue weighted by atomic mass is 9.93. The van der Waals surface area contributed by atoms with E-state index in [4.69, 9.17) is 32.7 Å². The summed E-state index contributed by atoms with van der Waals surface area (Å²) in [6, 6.07) is -4.87. The molecule has 25 nitrogen and oxygen atoms in total. The average Bonchev–Trinajstić information content (AvgIpc) is 0.769. The van der Waals surface area contributed by atoms with Crippen LogP contribution in [0.4, 0.5) is 0 Å². The molecule has 3 heterocycles. The van der Waals surface area contributed by atoms with Crippen molar-refractivity contribution in [3.05, 3.63) is 128 Å². The molecule has 0 bridgehead atoms. The van der Waals surface area contributed by atoms with Crippen LogP contribution in [-0.4, -0.2) is 169 Å². The molecule has 3 rings (SSSR count). The van der Waals surface area contributed by atoms with Crippen LogP contribution in [0.5, 0.6) is 0 Å². The molecule has 0 spiro atoms. The van der Waals surface area contributed by atoms with Crippen LogP contribution in [-0.2, 0) is 65.4 Å². The van der Waals surface area contributed by atoms with Crippen molar-refractivity contribution in [3.8, 4) is 0 Å². The number of allylic oxidation sites excluding steroid dienone is 21. The van der Waals surface area contributed by atoms with Gasteiger partial charge < -0.3 is 80.1 Å². The number of amides is 3. The third-order valence-electron chi connectivity index (χ3n) is 18.7. The third kappa shape index (κ3) is 37.5. The fourth-order valence-electron chi connectivity index (χ4n) is 12.4. The predicted octanol–water partition coefficient (Wildman–Crippen LogP) is 13.5. The molecule has 3 amide bonds. The molecule has 11 N–H and O–H groups in total. The highest BCUT2D eigenvalue weighted by Gasteiger charge is 2.57. The molecular weight excluding hydrogens is 1400 g/mol. The van der Waals surface area contributed by atoms with Crippen molar-refractivity contribution in [1.29, 1.82) is 0 Å². The van der Waals surface area contributed by atoms with Crippen LogP contribution in [0.15, 0.2) is 128 Å². The molecule has 0 aromatic rings. The van der Waals surface area contributed by atoms with Gasteiger partial charge in [0.05, 0.1) is 25.4 Å². The highest BCUT2D eigenvalue weighted by atomic mass is 31.3. The number of aliphatic hydroxyl groups is 5. The van der Waals surface area contributed by atoms with Crippen LogP contribution in [0.3, 0.4) is 0 Å². The second-order valence-corrected chi connectivity index (χ2v) is 32.1. The highest BCUT2D eigenvalue weighted by Crippen LogP contribution is 2.61. The van der Waals surface area contributed by atoms with Crippen LogP contribution < -0.4 is 16.0 Å². The minimum atomic E-state index is -5.76. The van der Waals surface area contributed by atoms with Gasteiger partial charge in [0.15, 0.2) is 25.0 Å². The Balaban J connectivity index is 1.40. The molecule has 0 aromatic carbocycles. The van der Waals surface area contributed by atoms with Crippen LogP contribution >= 0.6 is 15.6 Å². The largest absolute Gasteiger partial charge is 0.483 e. The quantitative estimate of drug-likeness (QED) is 0.0199. The molecule has 3 fully saturated rings. The summed E-state index contributed by atoms with van der Waals surface area (Å²) in [5.74, 6) is -4.12. The molecule has 27 heteroatoms. The van der Waals surface area contributed by atoms with Gasteiger partial charge in [-0.2, -0.15) is 4.31 Å². The first-order chi connectivity index (χ1) is 49.8. The minimum Gasteiger partial charge on any atom is -0.479 e. The first kappa shape index (κ1) is 95.1. The van der Waals surface area contributed by atoms with Crippen molar-refractivity contribution in [2.45, 2.75) is 331 Å². The smallest absolute Gasteiger partial charge is 0.479 e. The summed E-state index contributed by atoms with van der Waals surface area (Å²) in [6.45, 7) is 29.0. The lowest BCUT2D eigenvalue weighted by molar-refractivity contribution is -0.348. The number of carbonyl (C=O) groups is 4. The molecule has 0 saturated carbocycles. The van der Waals surface area contributed by atoms with Crippen LogP contribution in [0, 0.1) is 0 Å². The molecule has 3 aliphatic rings. The van der Waals surface area contributed by atoms with Crippen molar-refractivity contribution in [2.75, 3.05) is 13.2 Å². The summed E-state index contributed by atoms with van der Waals surface area (Å²) in [7, 11) is -11.2. The lowest BCUT2D eigenvalue weighted by Gasteiger charge is -2.49. The van der Waals surface area contributed by atoms with E-state index in [9.17, 15) is 68.7 Å². The van der Waals surface area contributed by atoms with Crippen molar-refractivity contribution in [3.63, 3.8) is 0 Å². The van der Waals surface area contributed by atoms with E-state index in [0.717, 1.165) is 142 Å². The Labute approximate surface area is 630 Å². The molecule has 17 atom stereocenters. The van der Waals surface area contributed by atoms with Gasteiger partial charge in [0.2, 0.25) is 17.7 Å². The van der Waals surface area contributed by atoms with Gasteiger partial charge in [-0.05, 0) is 218 Å². The Kier molecular flexibility index (Phi) is 44.1. The van der Waals surface area contributed by atoms with E-state index in [0.29, 0.717) is 12.8 Å². The summed E-state index contributed by atoms with van der Waals surface area (Å²) in [5, 5.41) is 72.7. The normalized spacial score (nSPS) is 27.7. The number of carbonyl (C=O) groups excluding carboxylic acids is 3. The van der Waals surface area contributed by atoms with Gasteiger partial charge in [-0.15, -0.1) is 0 Å². The Morgan fingerprint density at radius 2 is 0.717 bits per heavy atom. The summed E-state index contributed by atoms with van der Waals surface area (Å²) in [6.07, 6.45) is 22.4. The van der Waals surface area contributed by atoms with E-state index in [-0.39, 0.29) is 0 Å². The van der Waals surface area contributed by atoms with E-state index < -0.39 is 144 Å². The number of aliphatic carboxylic acids is 1. The highest BCUT2D eigenvalue weighted by molar-refractivity contribution is 7.61. The van der Waals surface area contributed by atoms with Crippen molar-refractivity contribution in [2.24, 2.45) is 0 Å². The number of rotatable bonds is 46. The van der Waals surface area contributed by atoms with Crippen molar-refractivity contribution >= 4 is 39.3 Å². The molecule has 3 aliphatic heterocycles. The fourth-order valence-corrected chi connectivity index (χ4v) is 14.5. The Morgan fingerprint density at radius 3 is 1.06 bits per heavy atom. The summed E-state index contributed by atoms with van der Waals surface area (Å²) in [5.41, 5.74) is 15.0. The van der Waals surface area contributed by atoms with Gasteiger partial charge in [-0.3, -0.25) is 23.4 Å². The zero-order valence-corrected chi connectivity index (χ0v) is 67.5. The predicted molar refractivity (Wildman–Crippen MR) is 410 cm³/mol. The van der Waals surface area contributed by atoms with Crippen molar-refractivity contribution in [1.82, 2.24) is 16.0 Å². The number of hydrogen-bond acceptors (Lipinski definition) is 19. The number of ether oxygens (including phenoxy) is 5. The van der Waals surface area contributed by atoms with Gasteiger partial charge in [-0.25, -0.2) is 13.9 Å². The van der Waals surface area contributed by atoms with Gasteiger partial charge in [0, 0.05) is 20.8 Å².